The minimum absolute atomic E-state index is 0.0223. The lowest BCUT2D eigenvalue weighted by Crippen LogP contribution is -2.13. The molecule has 6 heteroatoms. The van der Waals surface area contributed by atoms with E-state index >= 15 is 0 Å². The van der Waals surface area contributed by atoms with E-state index in [-0.39, 0.29) is 24.6 Å². The summed E-state index contributed by atoms with van der Waals surface area (Å²) in [6.07, 6.45) is 1.23. The molecule has 1 heterocycles. The van der Waals surface area contributed by atoms with Crippen molar-refractivity contribution in [1.82, 2.24) is 9.78 Å². The van der Waals surface area contributed by atoms with E-state index in [0.717, 1.165) is 0 Å². The van der Waals surface area contributed by atoms with Crippen LogP contribution in [-0.4, -0.2) is 39.2 Å². The Kier molecular flexibility index (Phi) is 4.30. The lowest BCUT2D eigenvalue weighted by Gasteiger charge is -2.11. The van der Waals surface area contributed by atoms with E-state index in [1.54, 1.807) is 0 Å². The number of nitrogens with zero attached hydrogens (tertiary/aromatic N) is 2. The molecule has 0 spiro atoms. The molecule has 1 aromatic heterocycles. The van der Waals surface area contributed by atoms with Crippen LogP contribution in [0.15, 0.2) is 6.20 Å². The summed E-state index contributed by atoms with van der Waals surface area (Å²) >= 11 is 0. The highest BCUT2D eigenvalue weighted by Crippen LogP contribution is 2.18. The fourth-order valence-electron chi connectivity index (χ4n) is 1.17. The van der Waals surface area contributed by atoms with Gasteiger partial charge in [-0.05, 0) is 5.92 Å². The molecule has 90 valence electrons. The quantitative estimate of drug-likeness (QED) is 0.745. The van der Waals surface area contributed by atoms with Gasteiger partial charge in [-0.25, -0.2) is 9.48 Å². The van der Waals surface area contributed by atoms with Crippen molar-refractivity contribution in [3.63, 3.8) is 0 Å². The van der Waals surface area contributed by atoms with Gasteiger partial charge in [0.05, 0.1) is 26.0 Å². The topological polar surface area (TPSA) is 84.6 Å². The van der Waals surface area contributed by atoms with Gasteiger partial charge in [0.25, 0.3) is 0 Å². The molecule has 1 aromatic rings. The van der Waals surface area contributed by atoms with Crippen molar-refractivity contribution in [2.75, 3.05) is 13.2 Å². The van der Waals surface area contributed by atoms with E-state index in [4.69, 9.17) is 14.9 Å². The second-order valence-corrected chi connectivity index (χ2v) is 3.82. The zero-order valence-corrected chi connectivity index (χ0v) is 9.38. The lowest BCUT2D eigenvalue weighted by molar-refractivity contribution is 0.0690. The first-order chi connectivity index (χ1) is 7.56. The number of aliphatic hydroxyl groups is 1. The summed E-state index contributed by atoms with van der Waals surface area (Å²) in [6.45, 7) is 4.46. The number of carbonyl (C=O) groups is 1. The number of aliphatic hydroxyl groups excluding tert-OH is 1. The Hall–Kier alpha value is -1.56. The number of aromatic nitrogens is 2. The van der Waals surface area contributed by atoms with Gasteiger partial charge in [0.15, 0.2) is 0 Å². The molecule has 0 amide bonds. The Bertz CT molecular complexity index is 360. The van der Waals surface area contributed by atoms with Gasteiger partial charge >= 0.3 is 5.97 Å². The second kappa shape index (κ2) is 5.50. The molecular formula is C10H16N2O4. The molecule has 0 aromatic carbocycles. The van der Waals surface area contributed by atoms with Gasteiger partial charge in [-0.2, -0.15) is 5.10 Å². The first-order valence-corrected chi connectivity index (χ1v) is 5.09. The largest absolute Gasteiger partial charge is 0.477 e. The summed E-state index contributed by atoms with van der Waals surface area (Å²) in [4.78, 5) is 10.9. The van der Waals surface area contributed by atoms with Crippen LogP contribution in [0.2, 0.25) is 0 Å². The van der Waals surface area contributed by atoms with Gasteiger partial charge in [0.2, 0.25) is 5.88 Å². The smallest absolute Gasteiger partial charge is 0.342 e. The normalized spacial score (nSPS) is 10.8. The molecule has 0 aliphatic heterocycles. The third-order valence-corrected chi connectivity index (χ3v) is 1.89. The fraction of sp³-hybridized carbons (Fsp3) is 0.600. The summed E-state index contributed by atoms with van der Waals surface area (Å²) in [6, 6.07) is 0. The van der Waals surface area contributed by atoms with Gasteiger partial charge < -0.3 is 14.9 Å². The van der Waals surface area contributed by atoms with E-state index < -0.39 is 5.97 Å². The van der Waals surface area contributed by atoms with Crippen LogP contribution in [0.3, 0.4) is 0 Å². The van der Waals surface area contributed by atoms with Crippen molar-refractivity contribution in [2.45, 2.75) is 20.4 Å². The van der Waals surface area contributed by atoms with Crippen LogP contribution in [0, 0.1) is 5.92 Å². The predicted molar refractivity (Wildman–Crippen MR) is 56.6 cm³/mol. The summed E-state index contributed by atoms with van der Waals surface area (Å²) in [5.74, 6) is -0.586. The average molecular weight is 228 g/mol. The maximum Gasteiger partial charge on any atom is 0.342 e. The number of ether oxygens (including phenoxy) is 1. The SMILES string of the molecule is CC(C)COc1c(C(=O)O)cnn1CCO. The van der Waals surface area contributed by atoms with Gasteiger partial charge in [-0.1, -0.05) is 13.8 Å². The first-order valence-electron chi connectivity index (χ1n) is 5.09. The van der Waals surface area contributed by atoms with Crippen LogP contribution in [0.25, 0.3) is 0 Å². The zero-order valence-electron chi connectivity index (χ0n) is 9.38. The monoisotopic (exact) mass is 228 g/mol. The summed E-state index contributed by atoms with van der Waals surface area (Å²) < 4.78 is 6.75. The number of carboxylic acid groups (broad SMARTS) is 1. The average Bonchev–Trinajstić information content (AvgIpc) is 2.58. The molecule has 0 aliphatic carbocycles. The van der Waals surface area contributed by atoms with E-state index in [2.05, 4.69) is 5.10 Å². The maximum atomic E-state index is 10.9. The molecule has 1 rings (SSSR count). The molecule has 6 nitrogen and oxygen atoms in total. The van der Waals surface area contributed by atoms with Gasteiger partial charge in [-0.3, -0.25) is 0 Å². The number of rotatable bonds is 6. The van der Waals surface area contributed by atoms with E-state index in [1.807, 2.05) is 13.8 Å². The minimum atomic E-state index is -1.08. The molecule has 0 radical (unpaired) electrons. The lowest BCUT2D eigenvalue weighted by atomic mass is 10.2. The van der Waals surface area contributed by atoms with Crippen molar-refractivity contribution in [1.29, 1.82) is 0 Å². The van der Waals surface area contributed by atoms with Crippen molar-refractivity contribution in [3.8, 4) is 5.88 Å². The number of hydrogen-bond acceptors (Lipinski definition) is 4. The molecule has 0 unspecified atom stereocenters. The van der Waals surface area contributed by atoms with Crippen LogP contribution in [0.1, 0.15) is 24.2 Å². The molecule has 16 heavy (non-hydrogen) atoms. The van der Waals surface area contributed by atoms with Gasteiger partial charge in [-0.15, -0.1) is 0 Å². The highest BCUT2D eigenvalue weighted by Gasteiger charge is 2.18. The van der Waals surface area contributed by atoms with Crippen molar-refractivity contribution in [3.05, 3.63) is 11.8 Å². The third kappa shape index (κ3) is 2.96. The first kappa shape index (κ1) is 12.5. The van der Waals surface area contributed by atoms with Crippen molar-refractivity contribution >= 4 is 5.97 Å². The summed E-state index contributed by atoms with van der Waals surface area (Å²) in [7, 11) is 0. The van der Waals surface area contributed by atoms with E-state index in [1.165, 1.54) is 10.9 Å². The number of aromatic carboxylic acids is 1. The molecule has 0 aliphatic rings. The van der Waals surface area contributed by atoms with Crippen molar-refractivity contribution < 1.29 is 19.7 Å². The van der Waals surface area contributed by atoms with Crippen LogP contribution >= 0.6 is 0 Å². The van der Waals surface area contributed by atoms with Crippen LogP contribution in [0.4, 0.5) is 0 Å². The molecule has 0 saturated heterocycles. The van der Waals surface area contributed by atoms with Crippen LogP contribution in [0.5, 0.6) is 5.88 Å². The van der Waals surface area contributed by atoms with Gasteiger partial charge in [0.1, 0.15) is 5.56 Å². The Morgan fingerprint density at radius 2 is 2.31 bits per heavy atom. The third-order valence-electron chi connectivity index (χ3n) is 1.89. The molecule has 2 N–H and O–H groups in total. The minimum Gasteiger partial charge on any atom is -0.477 e. The molecule has 0 fully saturated rings. The number of carboxylic acids is 1. The molecular weight excluding hydrogens is 212 g/mol. The molecule has 0 saturated carbocycles. The maximum absolute atomic E-state index is 10.9. The van der Waals surface area contributed by atoms with Gasteiger partial charge in [0, 0.05) is 0 Å². The van der Waals surface area contributed by atoms with E-state index in [9.17, 15) is 4.79 Å². The highest BCUT2D eigenvalue weighted by molar-refractivity contribution is 5.89. The molecule has 0 bridgehead atoms. The second-order valence-electron chi connectivity index (χ2n) is 3.82. The summed E-state index contributed by atoms with van der Waals surface area (Å²) in [5, 5.41) is 21.6. The van der Waals surface area contributed by atoms with Crippen LogP contribution in [-0.2, 0) is 6.54 Å². The Morgan fingerprint density at radius 1 is 1.62 bits per heavy atom. The number of hydrogen-bond donors (Lipinski definition) is 2. The van der Waals surface area contributed by atoms with Crippen LogP contribution < -0.4 is 4.74 Å². The fourth-order valence-corrected chi connectivity index (χ4v) is 1.17. The Balaban J connectivity index is 2.89. The Morgan fingerprint density at radius 3 is 2.81 bits per heavy atom. The standard InChI is InChI=1S/C10H16N2O4/c1-7(2)6-16-9-8(10(14)15)5-11-12(9)3-4-13/h5,7,13H,3-4,6H2,1-2H3,(H,14,15). The predicted octanol–water partition coefficient (Wildman–Crippen LogP) is 0.608. The van der Waals surface area contributed by atoms with E-state index in [0.29, 0.717) is 12.5 Å². The van der Waals surface area contributed by atoms with Crippen molar-refractivity contribution in [2.24, 2.45) is 5.92 Å². The Labute approximate surface area is 93.5 Å². The summed E-state index contributed by atoms with van der Waals surface area (Å²) in [5.41, 5.74) is 0.0223. The zero-order chi connectivity index (χ0) is 12.1. The molecule has 0 atom stereocenters. The highest BCUT2D eigenvalue weighted by atomic mass is 16.5.